The Morgan fingerprint density at radius 3 is 2.32 bits per heavy atom. The number of hydrogen-bond acceptors (Lipinski definition) is 5. The van der Waals surface area contributed by atoms with Gasteiger partial charge in [-0.1, -0.05) is 42.5 Å². The molecule has 2 aliphatic heterocycles. The maximum absolute atomic E-state index is 12.6. The third-order valence-corrected chi connectivity index (χ3v) is 6.78. The molecule has 0 spiro atoms. The maximum atomic E-state index is 12.6. The van der Waals surface area contributed by atoms with E-state index in [1.54, 1.807) is 12.0 Å². The molecule has 4 rings (SSSR count). The van der Waals surface area contributed by atoms with Crippen LogP contribution in [0.3, 0.4) is 0 Å². The van der Waals surface area contributed by atoms with Gasteiger partial charge in [-0.2, -0.15) is 0 Å². The number of amides is 2. The Balaban J connectivity index is 1.11. The zero-order valence-corrected chi connectivity index (χ0v) is 20.1. The van der Waals surface area contributed by atoms with Gasteiger partial charge in [0.2, 0.25) is 11.8 Å². The standard InChI is InChI=1S/C27H36N4O3/c1-34-25-10-8-23(9-11-25)20-31-21-24(18-26(31)32)27(33)28-12-5-13-29-14-16-30(17-15-29)19-22-6-3-2-4-7-22/h2-4,6-11,24H,5,12-21H2,1H3,(H,28,33)/t24-/m1/s1. The molecule has 0 aromatic heterocycles. The van der Waals surface area contributed by atoms with Crippen LogP contribution in [0.15, 0.2) is 54.6 Å². The van der Waals surface area contributed by atoms with E-state index in [1.807, 2.05) is 24.3 Å². The topological polar surface area (TPSA) is 65.1 Å². The monoisotopic (exact) mass is 464 g/mol. The van der Waals surface area contributed by atoms with Crippen molar-refractivity contribution < 1.29 is 14.3 Å². The van der Waals surface area contributed by atoms with E-state index in [9.17, 15) is 9.59 Å². The number of carbonyl (C=O) groups excluding carboxylic acids is 2. The molecule has 2 amide bonds. The fourth-order valence-electron chi connectivity index (χ4n) is 4.72. The molecule has 2 aromatic carbocycles. The largest absolute Gasteiger partial charge is 0.497 e. The molecule has 182 valence electrons. The summed E-state index contributed by atoms with van der Waals surface area (Å²) < 4.78 is 5.18. The molecule has 1 atom stereocenters. The first-order valence-corrected chi connectivity index (χ1v) is 12.3. The lowest BCUT2D eigenvalue weighted by molar-refractivity contribution is -0.129. The van der Waals surface area contributed by atoms with Crippen molar-refractivity contribution in [1.82, 2.24) is 20.0 Å². The van der Waals surface area contributed by atoms with Gasteiger partial charge in [-0.15, -0.1) is 0 Å². The molecule has 34 heavy (non-hydrogen) atoms. The highest BCUT2D eigenvalue weighted by molar-refractivity contribution is 5.89. The maximum Gasteiger partial charge on any atom is 0.225 e. The van der Waals surface area contributed by atoms with Gasteiger partial charge in [0, 0.05) is 58.8 Å². The highest BCUT2D eigenvalue weighted by Crippen LogP contribution is 2.21. The zero-order valence-electron chi connectivity index (χ0n) is 20.1. The summed E-state index contributed by atoms with van der Waals surface area (Å²) in [6.07, 6.45) is 1.23. The number of nitrogens with one attached hydrogen (secondary N) is 1. The highest BCUT2D eigenvalue weighted by Gasteiger charge is 2.34. The minimum Gasteiger partial charge on any atom is -0.497 e. The van der Waals surface area contributed by atoms with Crippen molar-refractivity contribution >= 4 is 11.8 Å². The molecule has 0 radical (unpaired) electrons. The molecule has 2 heterocycles. The lowest BCUT2D eigenvalue weighted by atomic mass is 10.1. The van der Waals surface area contributed by atoms with Gasteiger partial charge in [0.05, 0.1) is 13.0 Å². The number of hydrogen-bond donors (Lipinski definition) is 1. The van der Waals surface area contributed by atoms with Crippen LogP contribution in [-0.2, 0) is 22.7 Å². The van der Waals surface area contributed by atoms with E-state index < -0.39 is 0 Å². The first-order chi connectivity index (χ1) is 16.6. The zero-order chi connectivity index (χ0) is 23.8. The van der Waals surface area contributed by atoms with E-state index >= 15 is 0 Å². The second-order valence-corrected chi connectivity index (χ2v) is 9.27. The molecule has 1 N–H and O–H groups in total. The van der Waals surface area contributed by atoms with Gasteiger partial charge in [0.1, 0.15) is 5.75 Å². The van der Waals surface area contributed by atoms with Crippen LogP contribution >= 0.6 is 0 Å². The minimum absolute atomic E-state index is 0.00161. The number of ether oxygens (including phenoxy) is 1. The Bertz CT molecular complexity index is 927. The van der Waals surface area contributed by atoms with Crippen LogP contribution in [0.5, 0.6) is 5.75 Å². The van der Waals surface area contributed by atoms with Crippen molar-refractivity contribution in [2.24, 2.45) is 5.92 Å². The number of rotatable bonds is 10. The Hall–Kier alpha value is -2.90. The average Bonchev–Trinajstić information content (AvgIpc) is 3.24. The number of piperazine rings is 1. The Morgan fingerprint density at radius 1 is 0.941 bits per heavy atom. The fourth-order valence-corrected chi connectivity index (χ4v) is 4.72. The highest BCUT2D eigenvalue weighted by atomic mass is 16.5. The second-order valence-electron chi connectivity index (χ2n) is 9.27. The molecule has 7 heteroatoms. The summed E-state index contributed by atoms with van der Waals surface area (Å²) in [6.45, 7) is 7.98. The normalized spacial score (nSPS) is 19.4. The van der Waals surface area contributed by atoms with Gasteiger partial charge in [0.25, 0.3) is 0 Å². The molecule has 2 fully saturated rings. The predicted octanol–water partition coefficient (Wildman–Crippen LogP) is 2.37. The molecule has 2 aromatic rings. The fraction of sp³-hybridized carbons (Fsp3) is 0.481. The molecule has 0 bridgehead atoms. The van der Waals surface area contributed by atoms with Gasteiger partial charge in [-0.3, -0.25) is 14.5 Å². The second kappa shape index (κ2) is 12.0. The third kappa shape index (κ3) is 6.81. The van der Waals surface area contributed by atoms with E-state index in [0.717, 1.165) is 57.0 Å². The summed E-state index contributed by atoms with van der Waals surface area (Å²) in [7, 11) is 1.63. The lowest BCUT2D eigenvalue weighted by Gasteiger charge is -2.34. The van der Waals surface area contributed by atoms with Gasteiger partial charge < -0.3 is 19.9 Å². The van der Waals surface area contributed by atoms with Crippen LogP contribution in [0.4, 0.5) is 0 Å². The number of methoxy groups -OCH3 is 1. The lowest BCUT2D eigenvalue weighted by Crippen LogP contribution is -2.46. The van der Waals surface area contributed by atoms with Gasteiger partial charge in [-0.25, -0.2) is 0 Å². The van der Waals surface area contributed by atoms with E-state index in [0.29, 0.717) is 26.1 Å². The molecular weight excluding hydrogens is 428 g/mol. The van der Waals surface area contributed by atoms with E-state index in [1.165, 1.54) is 5.56 Å². The Labute approximate surface area is 202 Å². The van der Waals surface area contributed by atoms with Crippen molar-refractivity contribution in [3.8, 4) is 5.75 Å². The number of likely N-dealkylation sites (tertiary alicyclic amines) is 1. The summed E-state index contributed by atoms with van der Waals surface area (Å²) in [6, 6.07) is 18.3. The molecule has 0 unspecified atom stereocenters. The summed E-state index contributed by atoms with van der Waals surface area (Å²) in [5.74, 6) is 0.581. The van der Waals surface area contributed by atoms with Crippen molar-refractivity contribution in [3.63, 3.8) is 0 Å². The molecular formula is C27H36N4O3. The number of carbonyl (C=O) groups is 2. The molecule has 7 nitrogen and oxygen atoms in total. The Kier molecular flexibility index (Phi) is 8.55. The van der Waals surface area contributed by atoms with Gasteiger partial charge in [-0.05, 0) is 36.2 Å². The predicted molar refractivity (Wildman–Crippen MR) is 132 cm³/mol. The van der Waals surface area contributed by atoms with E-state index in [4.69, 9.17) is 4.74 Å². The van der Waals surface area contributed by atoms with Crippen LogP contribution in [0.2, 0.25) is 0 Å². The van der Waals surface area contributed by atoms with Crippen molar-refractivity contribution in [2.75, 3.05) is 52.9 Å². The van der Waals surface area contributed by atoms with Crippen molar-refractivity contribution in [3.05, 3.63) is 65.7 Å². The van der Waals surface area contributed by atoms with Crippen LogP contribution in [0.25, 0.3) is 0 Å². The first kappa shape index (κ1) is 24.2. The van der Waals surface area contributed by atoms with Crippen LogP contribution < -0.4 is 10.1 Å². The Morgan fingerprint density at radius 2 is 1.62 bits per heavy atom. The van der Waals surface area contributed by atoms with Crippen LogP contribution in [-0.4, -0.2) is 79.4 Å². The summed E-state index contributed by atoms with van der Waals surface area (Å²) in [5.41, 5.74) is 2.41. The van der Waals surface area contributed by atoms with Crippen molar-refractivity contribution in [1.29, 1.82) is 0 Å². The third-order valence-electron chi connectivity index (χ3n) is 6.78. The van der Waals surface area contributed by atoms with Crippen LogP contribution in [0, 0.1) is 5.92 Å². The van der Waals surface area contributed by atoms with E-state index in [2.05, 4.69) is 45.4 Å². The smallest absolute Gasteiger partial charge is 0.225 e. The summed E-state index contributed by atoms with van der Waals surface area (Å²) in [4.78, 5) is 31.8. The molecule has 0 aliphatic carbocycles. The average molecular weight is 465 g/mol. The number of nitrogens with zero attached hydrogens (tertiary/aromatic N) is 3. The summed E-state index contributed by atoms with van der Waals surface area (Å²) >= 11 is 0. The van der Waals surface area contributed by atoms with Gasteiger partial charge in [0.15, 0.2) is 0 Å². The van der Waals surface area contributed by atoms with Crippen LogP contribution in [0.1, 0.15) is 24.0 Å². The molecule has 2 saturated heterocycles. The molecule has 2 aliphatic rings. The quantitative estimate of drug-likeness (QED) is 0.547. The van der Waals surface area contributed by atoms with Gasteiger partial charge >= 0.3 is 0 Å². The molecule has 0 saturated carbocycles. The SMILES string of the molecule is COc1ccc(CN2C[C@H](C(=O)NCCCN3CCN(Cc4ccccc4)CC3)CC2=O)cc1. The first-order valence-electron chi connectivity index (χ1n) is 12.3. The summed E-state index contributed by atoms with van der Waals surface area (Å²) in [5, 5.41) is 3.05. The number of benzene rings is 2. The van der Waals surface area contributed by atoms with E-state index in [-0.39, 0.29) is 17.7 Å². The minimum atomic E-state index is -0.257. The van der Waals surface area contributed by atoms with Crippen molar-refractivity contribution in [2.45, 2.75) is 25.9 Å².